The van der Waals surface area contributed by atoms with Crippen molar-refractivity contribution < 1.29 is 19.8 Å². The topological polar surface area (TPSA) is 89.9 Å². The van der Waals surface area contributed by atoms with Gasteiger partial charge in [0.25, 0.3) is 0 Å². The SMILES string of the molecule is O=C(O)C1CC(O)CN1C(=O)NC1CCSC1. The van der Waals surface area contributed by atoms with Crippen LogP contribution in [0, 0.1) is 0 Å². The van der Waals surface area contributed by atoms with Crippen LogP contribution in [0.3, 0.4) is 0 Å². The van der Waals surface area contributed by atoms with Crippen LogP contribution >= 0.6 is 11.8 Å². The summed E-state index contributed by atoms with van der Waals surface area (Å²) < 4.78 is 0. The zero-order chi connectivity index (χ0) is 12.4. The van der Waals surface area contributed by atoms with Gasteiger partial charge in [0.2, 0.25) is 0 Å². The zero-order valence-corrected chi connectivity index (χ0v) is 10.2. The smallest absolute Gasteiger partial charge is 0.326 e. The first kappa shape index (κ1) is 12.5. The quantitative estimate of drug-likeness (QED) is 0.635. The molecule has 0 aromatic rings. The summed E-state index contributed by atoms with van der Waals surface area (Å²) in [6.45, 7) is 0.0999. The number of aliphatic carboxylic acids is 1. The molecule has 2 saturated heterocycles. The number of β-amino-alcohol motifs (C(OH)–C–C–N with tert-alkyl or cyclic N) is 1. The number of carboxylic acids is 1. The standard InChI is InChI=1S/C10H16N2O4S/c13-7-3-8(9(14)15)12(4-7)10(16)11-6-1-2-17-5-6/h6-8,13H,1-5H2,(H,11,16)(H,14,15). The Morgan fingerprint density at radius 3 is 2.76 bits per heavy atom. The highest BCUT2D eigenvalue weighted by molar-refractivity contribution is 7.99. The lowest BCUT2D eigenvalue weighted by atomic mass is 10.2. The molecule has 2 rings (SSSR count). The second kappa shape index (κ2) is 5.14. The molecule has 2 aliphatic heterocycles. The number of carbonyl (C=O) groups is 2. The van der Waals surface area contributed by atoms with E-state index in [1.807, 2.05) is 0 Å². The molecule has 0 aliphatic carbocycles. The van der Waals surface area contributed by atoms with Crippen LogP contribution in [0.1, 0.15) is 12.8 Å². The maximum atomic E-state index is 11.9. The average Bonchev–Trinajstić information content (AvgIpc) is 2.86. The summed E-state index contributed by atoms with van der Waals surface area (Å²) in [5, 5.41) is 21.2. The molecule has 3 unspecified atom stereocenters. The lowest BCUT2D eigenvalue weighted by Gasteiger charge is -2.23. The maximum absolute atomic E-state index is 11.9. The summed E-state index contributed by atoms with van der Waals surface area (Å²) >= 11 is 1.78. The van der Waals surface area contributed by atoms with Crippen LogP contribution in [-0.2, 0) is 4.79 Å². The van der Waals surface area contributed by atoms with E-state index in [2.05, 4.69) is 5.32 Å². The number of likely N-dealkylation sites (tertiary alicyclic amines) is 1. The van der Waals surface area contributed by atoms with Crippen molar-refractivity contribution in [2.45, 2.75) is 31.0 Å². The molecule has 3 atom stereocenters. The van der Waals surface area contributed by atoms with Gasteiger partial charge in [0.05, 0.1) is 6.10 Å². The van der Waals surface area contributed by atoms with Gasteiger partial charge in [-0.25, -0.2) is 9.59 Å². The molecule has 2 aliphatic rings. The Morgan fingerprint density at radius 2 is 2.18 bits per heavy atom. The normalized spacial score (nSPS) is 32.8. The van der Waals surface area contributed by atoms with Crippen LogP contribution in [0.15, 0.2) is 0 Å². The van der Waals surface area contributed by atoms with Crippen LogP contribution in [0.4, 0.5) is 4.79 Å². The molecular weight excluding hydrogens is 244 g/mol. The molecule has 17 heavy (non-hydrogen) atoms. The Balaban J connectivity index is 1.94. The van der Waals surface area contributed by atoms with Crippen molar-refractivity contribution in [1.29, 1.82) is 0 Å². The molecule has 2 heterocycles. The Kier molecular flexibility index (Phi) is 3.78. The number of hydrogen-bond acceptors (Lipinski definition) is 4. The molecule has 0 saturated carbocycles. The van der Waals surface area contributed by atoms with E-state index < -0.39 is 18.1 Å². The first-order chi connectivity index (χ1) is 8.08. The molecule has 96 valence electrons. The number of nitrogens with zero attached hydrogens (tertiary/aromatic N) is 1. The van der Waals surface area contributed by atoms with Gasteiger partial charge in [-0.2, -0.15) is 11.8 Å². The fraction of sp³-hybridized carbons (Fsp3) is 0.800. The number of aliphatic hydroxyl groups is 1. The largest absolute Gasteiger partial charge is 0.480 e. The van der Waals surface area contributed by atoms with Crippen molar-refractivity contribution in [2.75, 3.05) is 18.1 Å². The van der Waals surface area contributed by atoms with E-state index in [-0.39, 0.29) is 25.0 Å². The number of rotatable bonds is 2. The first-order valence-electron chi connectivity index (χ1n) is 5.63. The summed E-state index contributed by atoms with van der Waals surface area (Å²) in [7, 11) is 0. The highest BCUT2D eigenvalue weighted by Gasteiger charge is 2.39. The van der Waals surface area contributed by atoms with Gasteiger partial charge in [-0.1, -0.05) is 0 Å². The average molecular weight is 260 g/mol. The third-order valence-electron chi connectivity index (χ3n) is 3.08. The van der Waals surface area contributed by atoms with E-state index in [9.17, 15) is 14.7 Å². The monoisotopic (exact) mass is 260 g/mol. The van der Waals surface area contributed by atoms with Crippen molar-refractivity contribution in [3.8, 4) is 0 Å². The molecule has 3 N–H and O–H groups in total. The second-order valence-electron chi connectivity index (χ2n) is 4.41. The summed E-state index contributed by atoms with van der Waals surface area (Å²) in [6, 6.07) is -1.15. The fourth-order valence-corrected chi connectivity index (χ4v) is 3.33. The van der Waals surface area contributed by atoms with Crippen molar-refractivity contribution in [1.82, 2.24) is 10.2 Å². The minimum Gasteiger partial charge on any atom is -0.480 e. The Bertz CT molecular complexity index is 319. The lowest BCUT2D eigenvalue weighted by molar-refractivity contribution is -0.141. The van der Waals surface area contributed by atoms with Crippen molar-refractivity contribution >= 4 is 23.8 Å². The van der Waals surface area contributed by atoms with Crippen LogP contribution in [-0.4, -0.2) is 63.4 Å². The van der Waals surface area contributed by atoms with Gasteiger partial charge in [0, 0.05) is 24.8 Å². The minimum atomic E-state index is -1.06. The van der Waals surface area contributed by atoms with Gasteiger partial charge in [0.1, 0.15) is 6.04 Å². The van der Waals surface area contributed by atoms with E-state index in [0.29, 0.717) is 0 Å². The lowest BCUT2D eigenvalue weighted by Crippen LogP contribution is -2.49. The predicted octanol–water partition coefficient (Wildman–Crippen LogP) is -0.279. The summed E-state index contributed by atoms with van der Waals surface area (Å²) in [5.74, 6) is 0.841. The summed E-state index contributed by atoms with van der Waals surface area (Å²) in [5.41, 5.74) is 0. The highest BCUT2D eigenvalue weighted by atomic mass is 32.2. The summed E-state index contributed by atoms with van der Waals surface area (Å²) in [6.07, 6.45) is 0.298. The van der Waals surface area contributed by atoms with E-state index >= 15 is 0 Å². The third-order valence-corrected chi connectivity index (χ3v) is 4.24. The third kappa shape index (κ3) is 2.84. The fourth-order valence-electron chi connectivity index (χ4n) is 2.18. The Labute approximate surface area is 103 Å². The van der Waals surface area contributed by atoms with Gasteiger partial charge >= 0.3 is 12.0 Å². The molecule has 7 heteroatoms. The zero-order valence-electron chi connectivity index (χ0n) is 9.33. The first-order valence-corrected chi connectivity index (χ1v) is 6.79. The Morgan fingerprint density at radius 1 is 1.41 bits per heavy atom. The highest BCUT2D eigenvalue weighted by Crippen LogP contribution is 2.20. The molecule has 0 radical (unpaired) electrons. The number of carboxylic acid groups (broad SMARTS) is 1. The van der Waals surface area contributed by atoms with Crippen LogP contribution in [0.25, 0.3) is 0 Å². The van der Waals surface area contributed by atoms with E-state index in [1.165, 1.54) is 4.90 Å². The minimum absolute atomic E-state index is 0.0999. The number of aliphatic hydroxyl groups excluding tert-OH is 1. The molecule has 0 bridgehead atoms. The molecular formula is C10H16N2O4S. The van der Waals surface area contributed by atoms with Crippen molar-refractivity contribution in [3.05, 3.63) is 0 Å². The van der Waals surface area contributed by atoms with Gasteiger partial charge in [0.15, 0.2) is 0 Å². The van der Waals surface area contributed by atoms with Gasteiger partial charge in [-0.15, -0.1) is 0 Å². The van der Waals surface area contributed by atoms with Crippen LogP contribution < -0.4 is 5.32 Å². The molecule has 6 nitrogen and oxygen atoms in total. The van der Waals surface area contributed by atoms with Crippen LogP contribution in [0.2, 0.25) is 0 Å². The van der Waals surface area contributed by atoms with Gasteiger partial charge in [-0.3, -0.25) is 0 Å². The predicted molar refractivity (Wildman–Crippen MR) is 63.0 cm³/mol. The van der Waals surface area contributed by atoms with E-state index in [4.69, 9.17) is 5.11 Å². The number of carbonyl (C=O) groups excluding carboxylic acids is 1. The number of hydrogen-bond donors (Lipinski definition) is 3. The number of thioether (sulfide) groups is 1. The Hall–Kier alpha value is -0.950. The molecule has 0 spiro atoms. The summed E-state index contributed by atoms with van der Waals surface area (Å²) in [4.78, 5) is 24.1. The second-order valence-corrected chi connectivity index (χ2v) is 5.56. The number of amides is 2. The van der Waals surface area contributed by atoms with E-state index in [1.54, 1.807) is 11.8 Å². The van der Waals surface area contributed by atoms with Crippen molar-refractivity contribution in [3.63, 3.8) is 0 Å². The van der Waals surface area contributed by atoms with Crippen molar-refractivity contribution in [2.24, 2.45) is 0 Å². The van der Waals surface area contributed by atoms with Gasteiger partial charge in [-0.05, 0) is 12.2 Å². The maximum Gasteiger partial charge on any atom is 0.326 e. The number of nitrogens with one attached hydrogen (secondary N) is 1. The molecule has 0 aromatic carbocycles. The van der Waals surface area contributed by atoms with E-state index in [0.717, 1.165) is 17.9 Å². The van der Waals surface area contributed by atoms with Crippen LogP contribution in [0.5, 0.6) is 0 Å². The molecule has 2 fully saturated rings. The molecule has 0 aromatic heterocycles. The molecule has 2 amide bonds. The van der Waals surface area contributed by atoms with Gasteiger partial charge < -0.3 is 20.4 Å². The number of urea groups is 1.